The average Bonchev–Trinajstić information content (AvgIpc) is 2.83. The number of nitrogens with zero attached hydrogens (tertiary/aromatic N) is 1. The lowest BCUT2D eigenvalue weighted by atomic mass is 10.0. The van der Waals surface area contributed by atoms with Gasteiger partial charge in [0.2, 0.25) is 0 Å². The molecule has 1 saturated carbocycles. The van der Waals surface area contributed by atoms with Gasteiger partial charge in [-0.3, -0.25) is 0 Å². The van der Waals surface area contributed by atoms with Crippen molar-refractivity contribution in [3.8, 4) is 0 Å². The molecule has 0 aromatic carbocycles. The molecule has 15 heavy (non-hydrogen) atoms. The maximum atomic E-state index is 3.70. The maximum absolute atomic E-state index is 3.70. The third-order valence-corrected chi connectivity index (χ3v) is 3.78. The molecule has 0 saturated heterocycles. The molecular weight excluding hydrogens is 184 g/mol. The minimum Gasteiger partial charge on any atom is -0.353 e. The van der Waals surface area contributed by atoms with E-state index in [0.29, 0.717) is 0 Å². The third-order valence-electron chi connectivity index (χ3n) is 3.78. The molecule has 1 aromatic rings. The Balaban J connectivity index is 1.85. The second-order valence-electron chi connectivity index (χ2n) is 4.70. The van der Waals surface area contributed by atoms with Gasteiger partial charge in [-0.05, 0) is 30.9 Å². The molecule has 1 aromatic heterocycles. The number of nitrogens with one attached hydrogen (secondary N) is 1. The van der Waals surface area contributed by atoms with Crippen LogP contribution in [0.25, 0.3) is 0 Å². The molecule has 2 atom stereocenters. The summed E-state index contributed by atoms with van der Waals surface area (Å²) >= 11 is 0. The highest BCUT2D eigenvalue weighted by atomic mass is 15.0. The lowest BCUT2D eigenvalue weighted by Crippen LogP contribution is -2.32. The van der Waals surface area contributed by atoms with Gasteiger partial charge < -0.3 is 9.88 Å². The zero-order valence-corrected chi connectivity index (χ0v) is 9.87. The van der Waals surface area contributed by atoms with Crippen molar-refractivity contribution in [3.63, 3.8) is 0 Å². The fraction of sp³-hybridized carbons (Fsp3) is 0.692. The van der Waals surface area contributed by atoms with Crippen molar-refractivity contribution in [2.75, 3.05) is 0 Å². The molecule has 1 aliphatic rings. The highest BCUT2D eigenvalue weighted by Gasteiger charge is 2.24. The molecule has 0 spiro atoms. The van der Waals surface area contributed by atoms with E-state index in [0.717, 1.165) is 18.5 Å². The summed E-state index contributed by atoms with van der Waals surface area (Å²) in [7, 11) is 2.11. The minimum atomic E-state index is 0.755. The van der Waals surface area contributed by atoms with Crippen molar-refractivity contribution in [1.82, 2.24) is 9.88 Å². The van der Waals surface area contributed by atoms with Gasteiger partial charge in [-0.1, -0.05) is 19.8 Å². The first-order chi connectivity index (χ1) is 7.31. The van der Waals surface area contributed by atoms with Crippen molar-refractivity contribution in [3.05, 3.63) is 24.0 Å². The van der Waals surface area contributed by atoms with E-state index in [9.17, 15) is 0 Å². The number of aryl methyl sites for hydroxylation is 1. The van der Waals surface area contributed by atoms with Gasteiger partial charge in [-0.15, -0.1) is 0 Å². The normalized spacial score (nSPS) is 26.0. The molecule has 2 unspecified atom stereocenters. The summed E-state index contributed by atoms with van der Waals surface area (Å²) in [6.07, 6.45) is 7.63. The van der Waals surface area contributed by atoms with E-state index >= 15 is 0 Å². The molecule has 0 radical (unpaired) electrons. The van der Waals surface area contributed by atoms with Crippen LogP contribution in [0.5, 0.6) is 0 Å². The van der Waals surface area contributed by atoms with Crippen LogP contribution in [0.2, 0.25) is 0 Å². The molecule has 2 nitrogen and oxygen atoms in total. The second kappa shape index (κ2) is 4.84. The summed E-state index contributed by atoms with van der Waals surface area (Å²) in [5.41, 5.74) is 1.39. The Morgan fingerprint density at radius 3 is 3.00 bits per heavy atom. The first kappa shape index (κ1) is 10.7. The number of hydrogen-bond donors (Lipinski definition) is 1. The van der Waals surface area contributed by atoms with E-state index in [1.165, 1.54) is 31.4 Å². The van der Waals surface area contributed by atoms with E-state index in [1.54, 1.807) is 0 Å². The molecule has 1 fully saturated rings. The topological polar surface area (TPSA) is 17.0 Å². The van der Waals surface area contributed by atoms with Crippen LogP contribution in [-0.4, -0.2) is 10.6 Å². The Morgan fingerprint density at radius 1 is 1.47 bits per heavy atom. The third kappa shape index (κ3) is 2.43. The lowest BCUT2D eigenvalue weighted by Gasteiger charge is -2.19. The van der Waals surface area contributed by atoms with Gasteiger partial charge in [0.15, 0.2) is 0 Å². The van der Waals surface area contributed by atoms with Gasteiger partial charge >= 0.3 is 0 Å². The number of hydrogen-bond acceptors (Lipinski definition) is 1. The first-order valence-electron chi connectivity index (χ1n) is 6.15. The molecule has 2 heteroatoms. The Bertz CT molecular complexity index is 303. The molecule has 2 rings (SSSR count). The van der Waals surface area contributed by atoms with Gasteiger partial charge in [0.05, 0.1) is 0 Å². The second-order valence-corrected chi connectivity index (χ2v) is 4.70. The fourth-order valence-corrected chi connectivity index (χ4v) is 2.71. The van der Waals surface area contributed by atoms with E-state index in [2.05, 4.69) is 42.2 Å². The molecule has 0 aliphatic heterocycles. The van der Waals surface area contributed by atoms with Crippen molar-refractivity contribution < 1.29 is 0 Å². The van der Waals surface area contributed by atoms with Crippen LogP contribution in [-0.2, 0) is 13.6 Å². The molecule has 1 heterocycles. The Hall–Kier alpha value is -0.760. The quantitative estimate of drug-likeness (QED) is 0.801. The smallest absolute Gasteiger partial charge is 0.0361 e. The maximum Gasteiger partial charge on any atom is 0.0361 e. The molecule has 1 N–H and O–H groups in total. The minimum absolute atomic E-state index is 0.755. The zero-order chi connectivity index (χ0) is 10.7. The first-order valence-corrected chi connectivity index (χ1v) is 6.15. The Morgan fingerprint density at radius 2 is 2.33 bits per heavy atom. The van der Waals surface area contributed by atoms with Crippen LogP contribution >= 0.6 is 0 Å². The largest absolute Gasteiger partial charge is 0.353 e. The van der Waals surface area contributed by atoms with Crippen LogP contribution in [0, 0.1) is 5.92 Å². The van der Waals surface area contributed by atoms with Gasteiger partial charge in [-0.25, -0.2) is 0 Å². The number of aromatic nitrogens is 1. The summed E-state index contributed by atoms with van der Waals surface area (Å²) < 4.78 is 2.20. The molecule has 0 bridgehead atoms. The van der Waals surface area contributed by atoms with Crippen LogP contribution in [0.3, 0.4) is 0 Å². The van der Waals surface area contributed by atoms with E-state index in [4.69, 9.17) is 0 Å². The highest BCUT2D eigenvalue weighted by Crippen LogP contribution is 2.28. The predicted molar refractivity (Wildman–Crippen MR) is 63.7 cm³/mol. The Kier molecular flexibility index (Phi) is 3.47. The van der Waals surface area contributed by atoms with Crippen molar-refractivity contribution in [2.45, 2.75) is 45.2 Å². The lowest BCUT2D eigenvalue weighted by molar-refractivity contribution is 0.386. The fourth-order valence-electron chi connectivity index (χ4n) is 2.71. The summed E-state index contributed by atoms with van der Waals surface area (Å²) in [5, 5.41) is 3.70. The van der Waals surface area contributed by atoms with Crippen LogP contribution in [0.4, 0.5) is 0 Å². The van der Waals surface area contributed by atoms with Crippen LogP contribution < -0.4 is 5.32 Å². The van der Waals surface area contributed by atoms with Crippen molar-refractivity contribution in [1.29, 1.82) is 0 Å². The molecule has 1 aliphatic carbocycles. The molecule has 0 amide bonds. The predicted octanol–water partition coefficient (Wildman–Crippen LogP) is 2.69. The Labute approximate surface area is 92.7 Å². The van der Waals surface area contributed by atoms with Gasteiger partial charge in [0, 0.05) is 31.5 Å². The average molecular weight is 206 g/mol. The van der Waals surface area contributed by atoms with Crippen LogP contribution in [0.15, 0.2) is 18.3 Å². The van der Waals surface area contributed by atoms with Gasteiger partial charge in [-0.2, -0.15) is 0 Å². The molecular formula is C13H22N2. The SMILES string of the molecule is CCC1CCCC1NCc1cccn1C. The van der Waals surface area contributed by atoms with E-state index < -0.39 is 0 Å². The van der Waals surface area contributed by atoms with E-state index in [1.807, 2.05) is 0 Å². The van der Waals surface area contributed by atoms with Crippen molar-refractivity contribution in [2.24, 2.45) is 13.0 Å². The van der Waals surface area contributed by atoms with Gasteiger partial charge in [0.1, 0.15) is 0 Å². The number of rotatable bonds is 4. The van der Waals surface area contributed by atoms with Crippen molar-refractivity contribution >= 4 is 0 Å². The summed E-state index contributed by atoms with van der Waals surface area (Å²) in [6, 6.07) is 5.07. The molecule has 84 valence electrons. The summed E-state index contributed by atoms with van der Waals surface area (Å²) in [6.45, 7) is 3.33. The summed E-state index contributed by atoms with van der Waals surface area (Å²) in [5.74, 6) is 0.908. The van der Waals surface area contributed by atoms with Gasteiger partial charge in [0.25, 0.3) is 0 Å². The van der Waals surface area contributed by atoms with Crippen LogP contribution in [0.1, 0.15) is 38.3 Å². The zero-order valence-electron chi connectivity index (χ0n) is 9.87. The summed E-state index contributed by atoms with van der Waals surface area (Å²) in [4.78, 5) is 0. The van der Waals surface area contributed by atoms with E-state index in [-0.39, 0.29) is 0 Å². The highest BCUT2D eigenvalue weighted by molar-refractivity contribution is 5.06. The standard InChI is InChI=1S/C13H22N2/c1-3-11-6-4-8-13(11)14-10-12-7-5-9-15(12)2/h5,7,9,11,13-14H,3-4,6,8,10H2,1-2H3. The monoisotopic (exact) mass is 206 g/mol.